The summed E-state index contributed by atoms with van der Waals surface area (Å²) in [5, 5.41) is 6.79. The quantitative estimate of drug-likeness (QED) is 0.684. The van der Waals surface area contributed by atoms with Gasteiger partial charge in [-0.15, -0.1) is 11.3 Å². The van der Waals surface area contributed by atoms with E-state index in [9.17, 15) is 4.79 Å². The zero-order valence-corrected chi connectivity index (χ0v) is 14.3. The second-order valence-electron chi connectivity index (χ2n) is 4.89. The van der Waals surface area contributed by atoms with Gasteiger partial charge in [-0.05, 0) is 30.3 Å². The van der Waals surface area contributed by atoms with E-state index in [1.807, 2.05) is 29.6 Å². The summed E-state index contributed by atoms with van der Waals surface area (Å²) in [7, 11) is 0. The van der Waals surface area contributed by atoms with Crippen molar-refractivity contribution in [1.82, 2.24) is 4.98 Å². The number of amides is 1. The third-order valence-corrected chi connectivity index (χ3v) is 4.48. The molecule has 2 aromatic carbocycles. The summed E-state index contributed by atoms with van der Waals surface area (Å²) in [6.45, 7) is 0. The largest absolute Gasteiger partial charge is 0.326 e. The number of hydrogen-bond acceptors (Lipinski definition) is 3. The van der Waals surface area contributed by atoms with Gasteiger partial charge in [0.1, 0.15) is 5.01 Å². The Balaban J connectivity index is 1.68. The number of aromatic nitrogens is 1. The van der Waals surface area contributed by atoms with E-state index >= 15 is 0 Å². The van der Waals surface area contributed by atoms with Crippen LogP contribution in [0.3, 0.4) is 0 Å². The third kappa shape index (κ3) is 4.32. The fourth-order valence-corrected chi connectivity index (χ4v) is 3.28. The Morgan fingerprint density at radius 3 is 2.57 bits per heavy atom. The summed E-state index contributed by atoms with van der Waals surface area (Å²) in [6, 6.07) is 14.5. The van der Waals surface area contributed by atoms with Gasteiger partial charge in [0.25, 0.3) is 0 Å². The number of carbonyl (C=O) groups excluding carboxylic acids is 1. The van der Waals surface area contributed by atoms with Crippen LogP contribution in [0.4, 0.5) is 5.69 Å². The van der Waals surface area contributed by atoms with Crippen molar-refractivity contribution in [3.8, 4) is 10.6 Å². The van der Waals surface area contributed by atoms with Crippen molar-refractivity contribution < 1.29 is 4.79 Å². The molecule has 116 valence electrons. The van der Waals surface area contributed by atoms with Crippen molar-refractivity contribution in [2.24, 2.45) is 0 Å². The second-order valence-corrected chi connectivity index (χ2v) is 6.62. The molecule has 0 spiro atoms. The summed E-state index contributed by atoms with van der Waals surface area (Å²) in [4.78, 5) is 16.6. The average molecular weight is 363 g/mol. The molecule has 0 radical (unpaired) electrons. The number of carbonyl (C=O) groups is 1. The number of hydrogen-bond donors (Lipinski definition) is 1. The maximum Gasteiger partial charge on any atom is 0.230 e. The molecule has 1 N–H and O–H groups in total. The minimum atomic E-state index is -0.129. The van der Waals surface area contributed by atoms with E-state index in [1.54, 1.807) is 24.3 Å². The van der Waals surface area contributed by atoms with Gasteiger partial charge in [0.15, 0.2) is 0 Å². The molecule has 23 heavy (non-hydrogen) atoms. The first-order valence-corrected chi connectivity index (χ1v) is 8.49. The fourth-order valence-electron chi connectivity index (χ4n) is 2.08. The highest BCUT2D eigenvalue weighted by atomic mass is 35.5. The number of nitrogens with zero attached hydrogens (tertiary/aromatic N) is 1. The first-order chi connectivity index (χ1) is 11.1. The fraction of sp³-hybridized carbons (Fsp3) is 0.0588. The summed E-state index contributed by atoms with van der Waals surface area (Å²) in [6.07, 6.45) is 0.212. The lowest BCUT2D eigenvalue weighted by atomic mass is 10.2. The number of benzene rings is 2. The van der Waals surface area contributed by atoms with E-state index in [1.165, 1.54) is 11.3 Å². The van der Waals surface area contributed by atoms with Crippen molar-refractivity contribution in [3.63, 3.8) is 0 Å². The van der Waals surface area contributed by atoms with Gasteiger partial charge in [0, 0.05) is 26.7 Å². The van der Waals surface area contributed by atoms with E-state index in [-0.39, 0.29) is 12.3 Å². The summed E-state index contributed by atoms with van der Waals surface area (Å²) in [5.41, 5.74) is 2.35. The van der Waals surface area contributed by atoms with E-state index in [0.29, 0.717) is 15.7 Å². The van der Waals surface area contributed by atoms with Gasteiger partial charge in [0.2, 0.25) is 5.91 Å². The molecule has 3 aromatic rings. The van der Waals surface area contributed by atoms with E-state index < -0.39 is 0 Å². The van der Waals surface area contributed by atoms with Crippen LogP contribution in [-0.2, 0) is 11.2 Å². The van der Waals surface area contributed by atoms with Crippen molar-refractivity contribution >= 4 is 46.1 Å². The highest BCUT2D eigenvalue weighted by Crippen LogP contribution is 2.26. The predicted octanol–water partition coefficient (Wildman–Crippen LogP) is 5.30. The smallest absolute Gasteiger partial charge is 0.230 e. The SMILES string of the molecule is O=C(Cc1csc(-c2cccc(Cl)c2)n1)Nc1cccc(Cl)c1. The minimum Gasteiger partial charge on any atom is -0.326 e. The minimum absolute atomic E-state index is 0.129. The molecule has 0 unspecified atom stereocenters. The Bertz CT molecular complexity index is 848. The molecule has 0 aliphatic heterocycles. The molecule has 3 nitrogen and oxygen atoms in total. The molecule has 3 rings (SSSR count). The Morgan fingerprint density at radius 2 is 1.83 bits per heavy atom. The van der Waals surface area contributed by atoms with E-state index in [4.69, 9.17) is 23.2 Å². The number of rotatable bonds is 4. The number of halogens is 2. The Morgan fingerprint density at radius 1 is 1.09 bits per heavy atom. The predicted molar refractivity (Wildman–Crippen MR) is 96.3 cm³/mol. The van der Waals surface area contributed by atoms with Crippen molar-refractivity contribution in [1.29, 1.82) is 0 Å². The molecule has 0 atom stereocenters. The molecule has 0 saturated heterocycles. The van der Waals surface area contributed by atoms with Crippen LogP contribution in [-0.4, -0.2) is 10.9 Å². The third-order valence-electron chi connectivity index (χ3n) is 3.07. The van der Waals surface area contributed by atoms with Crippen LogP contribution in [0.1, 0.15) is 5.69 Å². The summed E-state index contributed by atoms with van der Waals surface area (Å²) >= 11 is 13.4. The van der Waals surface area contributed by atoms with Gasteiger partial charge >= 0.3 is 0 Å². The molecular weight excluding hydrogens is 351 g/mol. The summed E-state index contributed by atoms with van der Waals surface area (Å²) < 4.78 is 0. The Kier molecular flexibility index (Phi) is 4.96. The molecule has 0 aliphatic carbocycles. The zero-order chi connectivity index (χ0) is 16.2. The van der Waals surface area contributed by atoms with Gasteiger partial charge in [-0.3, -0.25) is 4.79 Å². The van der Waals surface area contributed by atoms with Crippen molar-refractivity contribution in [2.75, 3.05) is 5.32 Å². The topological polar surface area (TPSA) is 42.0 Å². The van der Waals surface area contributed by atoms with E-state index in [0.717, 1.165) is 16.3 Å². The van der Waals surface area contributed by atoms with Crippen LogP contribution in [0.25, 0.3) is 10.6 Å². The highest BCUT2D eigenvalue weighted by Gasteiger charge is 2.10. The van der Waals surface area contributed by atoms with Gasteiger partial charge in [-0.2, -0.15) is 0 Å². The molecule has 0 aliphatic rings. The zero-order valence-electron chi connectivity index (χ0n) is 11.9. The Labute approximate surface area is 147 Å². The van der Waals surface area contributed by atoms with Crippen LogP contribution < -0.4 is 5.32 Å². The molecule has 0 saturated carbocycles. The van der Waals surface area contributed by atoms with Gasteiger partial charge in [-0.25, -0.2) is 4.98 Å². The first kappa shape index (κ1) is 16.0. The van der Waals surface area contributed by atoms with Gasteiger partial charge < -0.3 is 5.32 Å². The Hall–Kier alpha value is -1.88. The lowest BCUT2D eigenvalue weighted by Gasteiger charge is -2.04. The average Bonchev–Trinajstić information content (AvgIpc) is 2.95. The van der Waals surface area contributed by atoms with Gasteiger partial charge in [-0.1, -0.05) is 41.4 Å². The maximum absolute atomic E-state index is 12.1. The van der Waals surface area contributed by atoms with Crippen LogP contribution in [0, 0.1) is 0 Å². The number of thiazole rings is 1. The molecule has 1 amide bonds. The van der Waals surface area contributed by atoms with Crippen molar-refractivity contribution in [3.05, 3.63) is 69.7 Å². The summed E-state index contributed by atoms with van der Waals surface area (Å²) in [5.74, 6) is -0.129. The molecule has 6 heteroatoms. The molecule has 1 aromatic heterocycles. The van der Waals surface area contributed by atoms with Crippen LogP contribution in [0.2, 0.25) is 10.0 Å². The number of anilines is 1. The molecular formula is C17H12Cl2N2OS. The van der Waals surface area contributed by atoms with Crippen LogP contribution in [0.15, 0.2) is 53.9 Å². The lowest BCUT2D eigenvalue weighted by molar-refractivity contribution is -0.115. The maximum atomic E-state index is 12.1. The molecule has 1 heterocycles. The van der Waals surface area contributed by atoms with Crippen molar-refractivity contribution in [2.45, 2.75) is 6.42 Å². The second kappa shape index (κ2) is 7.13. The number of nitrogens with one attached hydrogen (secondary N) is 1. The van der Waals surface area contributed by atoms with Gasteiger partial charge in [0.05, 0.1) is 12.1 Å². The standard InChI is InChI=1S/C17H12Cl2N2OS/c18-12-4-1-3-11(7-12)17-21-15(10-23-17)9-16(22)20-14-6-2-5-13(19)8-14/h1-8,10H,9H2,(H,20,22). The van der Waals surface area contributed by atoms with E-state index in [2.05, 4.69) is 10.3 Å². The normalized spacial score (nSPS) is 10.5. The first-order valence-electron chi connectivity index (χ1n) is 6.86. The van der Waals surface area contributed by atoms with Crippen LogP contribution in [0.5, 0.6) is 0 Å². The molecule has 0 bridgehead atoms. The highest BCUT2D eigenvalue weighted by molar-refractivity contribution is 7.13. The van der Waals surface area contributed by atoms with Crippen LogP contribution >= 0.6 is 34.5 Å². The lowest BCUT2D eigenvalue weighted by Crippen LogP contribution is -2.14. The monoisotopic (exact) mass is 362 g/mol. The molecule has 0 fully saturated rings.